The zero-order valence-corrected chi connectivity index (χ0v) is 15.1. The maximum atomic E-state index is 12.5. The number of imidazole rings is 1. The number of para-hydroxylation sites is 2. The molecule has 4 rings (SSSR count). The van der Waals surface area contributed by atoms with Gasteiger partial charge in [-0.25, -0.2) is 4.98 Å². The lowest BCUT2D eigenvalue weighted by Crippen LogP contribution is -2.31. The number of nitrogens with one attached hydrogen (secondary N) is 1. The molecule has 1 amide bonds. The molecule has 2 heterocycles. The van der Waals surface area contributed by atoms with Crippen LogP contribution in [0.4, 0.5) is 0 Å². The summed E-state index contributed by atoms with van der Waals surface area (Å²) in [4.78, 5) is 17.2. The summed E-state index contributed by atoms with van der Waals surface area (Å²) in [7, 11) is 0. The van der Waals surface area contributed by atoms with Crippen LogP contribution >= 0.6 is 0 Å². The normalized spacial score (nSPS) is 16.7. The second-order valence-electron chi connectivity index (χ2n) is 6.73. The van der Waals surface area contributed by atoms with E-state index >= 15 is 0 Å². The topological polar surface area (TPSA) is 76.4 Å². The zero-order chi connectivity index (χ0) is 18.6. The lowest BCUT2D eigenvalue weighted by Gasteiger charge is -2.12. The predicted octanol–water partition coefficient (Wildman–Crippen LogP) is 2.60. The van der Waals surface area contributed by atoms with Gasteiger partial charge in [-0.1, -0.05) is 24.3 Å². The molecule has 0 radical (unpaired) electrons. The van der Waals surface area contributed by atoms with Crippen LogP contribution in [0.15, 0.2) is 48.5 Å². The lowest BCUT2D eigenvalue weighted by atomic mass is 10.1. The van der Waals surface area contributed by atoms with Crippen molar-refractivity contribution < 1.29 is 14.6 Å². The molecule has 1 atom stereocenters. The smallest absolute Gasteiger partial charge is 0.251 e. The average molecular weight is 365 g/mol. The number of aliphatic hydroxyl groups excluding tert-OH is 1. The molecule has 27 heavy (non-hydrogen) atoms. The first-order chi connectivity index (χ1) is 13.3. The molecule has 6 nitrogen and oxygen atoms in total. The molecule has 2 N–H and O–H groups in total. The number of nitrogens with zero attached hydrogens (tertiary/aromatic N) is 2. The van der Waals surface area contributed by atoms with Gasteiger partial charge in [-0.15, -0.1) is 0 Å². The molecule has 1 saturated heterocycles. The fourth-order valence-corrected chi connectivity index (χ4v) is 3.54. The van der Waals surface area contributed by atoms with Gasteiger partial charge < -0.3 is 19.7 Å². The number of carbonyl (C=O) groups is 1. The number of hydrogen-bond acceptors (Lipinski definition) is 4. The lowest BCUT2D eigenvalue weighted by molar-refractivity contribution is 0.0858. The summed E-state index contributed by atoms with van der Waals surface area (Å²) in [6.45, 7) is 1.78. The van der Waals surface area contributed by atoms with Gasteiger partial charge in [0.25, 0.3) is 5.91 Å². The zero-order valence-electron chi connectivity index (χ0n) is 15.1. The Labute approximate surface area is 157 Å². The second-order valence-corrected chi connectivity index (χ2v) is 6.73. The van der Waals surface area contributed by atoms with Crippen molar-refractivity contribution in [3.8, 4) is 11.4 Å². The van der Waals surface area contributed by atoms with Gasteiger partial charge in [0.15, 0.2) is 0 Å². The molecule has 0 unspecified atom stereocenters. The summed E-state index contributed by atoms with van der Waals surface area (Å²) in [5.41, 5.74) is 3.28. The van der Waals surface area contributed by atoms with E-state index in [0.717, 1.165) is 41.9 Å². The van der Waals surface area contributed by atoms with Gasteiger partial charge in [0.1, 0.15) is 5.82 Å². The van der Waals surface area contributed by atoms with E-state index in [0.29, 0.717) is 18.7 Å². The van der Waals surface area contributed by atoms with Crippen LogP contribution in [0.1, 0.15) is 23.2 Å². The summed E-state index contributed by atoms with van der Waals surface area (Å²) in [5, 5.41) is 12.4. The minimum absolute atomic E-state index is 0.0227. The quantitative estimate of drug-likeness (QED) is 0.704. The molecule has 1 fully saturated rings. The Morgan fingerprint density at radius 2 is 2.15 bits per heavy atom. The summed E-state index contributed by atoms with van der Waals surface area (Å²) >= 11 is 0. The number of carbonyl (C=O) groups excluding carboxylic acids is 1. The molecule has 2 aromatic carbocycles. The molecule has 140 valence electrons. The number of rotatable bonds is 6. The Hall–Kier alpha value is -2.70. The minimum Gasteiger partial charge on any atom is -0.395 e. The number of benzene rings is 2. The molecule has 0 aliphatic carbocycles. The number of aromatic nitrogens is 2. The SMILES string of the molecule is O=C(NC[C@H]1CCCO1)c1cccc(-c2nc3ccccc3n2CCO)c1. The van der Waals surface area contributed by atoms with Crippen molar-refractivity contribution in [1.82, 2.24) is 14.9 Å². The summed E-state index contributed by atoms with van der Waals surface area (Å²) in [5.74, 6) is 0.635. The van der Waals surface area contributed by atoms with Crippen LogP contribution in [0.3, 0.4) is 0 Å². The number of ether oxygens (including phenoxy) is 1. The fourth-order valence-electron chi connectivity index (χ4n) is 3.54. The van der Waals surface area contributed by atoms with E-state index in [1.54, 1.807) is 6.07 Å². The van der Waals surface area contributed by atoms with Crippen LogP contribution in [0.25, 0.3) is 22.4 Å². The molecule has 1 aromatic heterocycles. The highest BCUT2D eigenvalue weighted by molar-refractivity contribution is 5.95. The van der Waals surface area contributed by atoms with Gasteiger partial charge in [-0.05, 0) is 37.1 Å². The van der Waals surface area contributed by atoms with E-state index in [4.69, 9.17) is 9.72 Å². The van der Waals surface area contributed by atoms with Crippen LogP contribution in [0.5, 0.6) is 0 Å². The van der Waals surface area contributed by atoms with E-state index < -0.39 is 0 Å². The summed E-state index contributed by atoms with van der Waals surface area (Å²) in [6.07, 6.45) is 2.16. The molecule has 0 spiro atoms. The molecular formula is C21H23N3O3. The highest BCUT2D eigenvalue weighted by Gasteiger charge is 2.18. The highest BCUT2D eigenvalue weighted by atomic mass is 16.5. The number of aliphatic hydroxyl groups is 1. The van der Waals surface area contributed by atoms with Gasteiger partial charge in [0.2, 0.25) is 0 Å². The second kappa shape index (κ2) is 7.90. The Morgan fingerprint density at radius 3 is 2.96 bits per heavy atom. The van der Waals surface area contributed by atoms with Crippen molar-refractivity contribution in [2.45, 2.75) is 25.5 Å². The van der Waals surface area contributed by atoms with Crippen LogP contribution in [0, 0.1) is 0 Å². The molecule has 3 aromatic rings. The molecular weight excluding hydrogens is 342 g/mol. The van der Waals surface area contributed by atoms with Crippen molar-refractivity contribution >= 4 is 16.9 Å². The van der Waals surface area contributed by atoms with Crippen molar-refractivity contribution in [3.05, 3.63) is 54.1 Å². The van der Waals surface area contributed by atoms with E-state index in [9.17, 15) is 9.90 Å². The van der Waals surface area contributed by atoms with Crippen molar-refractivity contribution in [1.29, 1.82) is 0 Å². The van der Waals surface area contributed by atoms with Crippen LogP contribution in [-0.2, 0) is 11.3 Å². The van der Waals surface area contributed by atoms with E-state index in [1.807, 2.05) is 47.0 Å². The molecule has 1 aliphatic heterocycles. The van der Waals surface area contributed by atoms with Crippen molar-refractivity contribution in [3.63, 3.8) is 0 Å². The Kier molecular flexibility index (Phi) is 5.18. The van der Waals surface area contributed by atoms with Gasteiger partial charge in [0, 0.05) is 30.8 Å². The average Bonchev–Trinajstić information content (AvgIpc) is 3.35. The molecule has 6 heteroatoms. The summed E-state index contributed by atoms with van der Waals surface area (Å²) in [6, 6.07) is 15.3. The molecule has 1 aliphatic rings. The van der Waals surface area contributed by atoms with E-state index in [1.165, 1.54) is 0 Å². The maximum Gasteiger partial charge on any atom is 0.251 e. The third kappa shape index (κ3) is 3.72. The van der Waals surface area contributed by atoms with E-state index in [2.05, 4.69) is 5.32 Å². The summed E-state index contributed by atoms with van der Waals surface area (Å²) < 4.78 is 7.54. The largest absolute Gasteiger partial charge is 0.395 e. The Morgan fingerprint density at radius 1 is 1.26 bits per heavy atom. The minimum atomic E-state index is -0.114. The fraction of sp³-hybridized carbons (Fsp3) is 0.333. The van der Waals surface area contributed by atoms with Gasteiger partial charge >= 0.3 is 0 Å². The highest BCUT2D eigenvalue weighted by Crippen LogP contribution is 2.25. The third-order valence-corrected chi connectivity index (χ3v) is 4.88. The number of amides is 1. The number of hydrogen-bond donors (Lipinski definition) is 2. The van der Waals surface area contributed by atoms with Crippen LogP contribution in [0.2, 0.25) is 0 Å². The third-order valence-electron chi connectivity index (χ3n) is 4.88. The standard InChI is InChI=1S/C21H23N3O3/c25-11-10-24-19-9-2-1-8-18(19)23-20(24)15-5-3-6-16(13-15)21(26)22-14-17-7-4-12-27-17/h1-3,5-6,8-9,13,17,25H,4,7,10-12,14H2,(H,22,26)/t17-/m1/s1. The van der Waals surface area contributed by atoms with Crippen molar-refractivity contribution in [2.75, 3.05) is 19.8 Å². The first-order valence-corrected chi connectivity index (χ1v) is 9.32. The predicted molar refractivity (Wildman–Crippen MR) is 104 cm³/mol. The molecule has 0 saturated carbocycles. The monoisotopic (exact) mass is 365 g/mol. The first kappa shape index (κ1) is 17.7. The van der Waals surface area contributed by atoms with E-state index in [-0.39, 0.29) is 18.6 Å². The Balaban J connectivity index is 1.61. The van der Waals surface area contributed by atoms with Crippen molar-refractivity contribution in [2.24, 2.45) is 0 Å². The van der Waals surface area contributed by atoms with Gasteiger partial charge in [0.05, 0.1) is 23.7 Å². The number of fused-ring (bicyclic) bond motifs is 1. The molecule has 0 bridgehead atoms. The Bertz CT molecular complexity index is 945. The maximum absolute atomic E-state index is 12.5. The first-order valence-electron chi connectivity index (χ1n) is 9.32. The van der Waals surface area contributed by atoms with Crippen LogP contribution in [-0.4, -0.2) is 46.4 Å². The van der Waals surface area contributed by atoms with Gasteiger partial charge in [-0.3, -0.25) is 4.79 Å². The van der Waals surface area contributed by atoms with Crippen LogP contribution < -0.4 is 5.32 Å². The van der Waals surface area contributed by atoms with Gasteiger partial charge in [-0.2, -0.15) is 0 Å².